The molecule has 1 aliphatic carbocycles. The molecule has 2 atom stereocenters. The zero-order valence-corrected chi connectivity index (χ0v) is 18.7. The molecule has 0 radical (unpaired) electrons. The highest BCUT2D eigenvalue weighted by atomic mass is 32.1. The molecule has 7 nitrogen and oxygen atoms in total. The van der Waals surface area contributed by atoms with Crippen molar-refractivity contribution in [3.05, 3.63) is 64.4 Å². The molecular formula is C23H19N3O4S2. The van der Waals surface area contributed by atoms with E-state index in [0.717, 1.165) is 12.0 Å². The number of carbonyl (C=O) groups is 2. The summed E-state index contributed by atoms with van der Waals surface area (Å²) < 4.78 is 10.9. The lowest BCUT2D eigenvalue weighted by Crippen LogP contribution is -2.14. The second-order valence-corrected chi connectivity index (χ2v) is 9.28. The van der Waals surface area contributed by atoms with Gasteiger partial charge in [0.15, 0.2) is 10.8 Å². The summed E-state index contributed by atoms with van der Waals surface area (Å²) in [6, 6.07) is 14.8. The van der Waals surface area contributed by atoms with E-state index in [-0.39, 0.29) is 17.8 Å². The number of thiophene rings is 1. The molecule has 0 saturated heterocycles. The van der Waals surface area contributed by atoms with E-state index < -0.39 is 0 Å². The van der Waals surface area contributed by atoms with Crippen LogP contribution in [0, 0.1) is 5.92 Å². The number of anilines is 1. The van der Waals surface area contributed by atoms with Gasteiger partial charge < -0.3 is 14.5 Å². The van der Waals surface area contributed by atoms with Crippen molar-refractivity contribution < 1.29 is 18.7 Å². The summed E-state index contributed by atoms with van der Waals surface area (Å²) in [5, 5.41) is 14.2. The van der Waals surface area contributed by atoms with Gasteiger partial charge in [-0.3, -0.25) is 4.79 Å². The molecule has 1 saturated carbocycles. The monoisotopic (exact) mass is 465 g/mol. The zero-order valence-electron chi connectivity index (χ0n) is 17.1. The molecule has 1 amide bonds. The van der Waals surface area contributed by atoms with E-state index in [1.165, 1.54) is 16.2 Å². The summed E-state index contributed by atoms with van der Waals surface area (Å²) >= 11 is 2.96. The van der Waals surface area contributed by atoms with Crippen LogP contribution in [0.5, 0.6) is 0 Å². The van der Waals surface area contributed by atoms with Crippen LogP contribution >= 0.6 is 22.7 Å². The Morgan fingerprint density at radius 3 is 2.69 bits per heavy atom. The molecule has 1 aromatic carbocycles. The van der Waals surface area contributed by atoms with Crippen LogP contribution < -0.4 is 5.32 Å². The third-order valence-electron chi connectivity index (χ3n) is 5.19. The van der Waals surface area contributed by atoms with Gasteiger partial charge >= 0.3 is 5.97 Å². The van der Waals surface area contributed by atoms with Crippen molar-refractivity contribution in [3.63, 3.8) is 0 Å². The predicted molar refractivity (Wildman–Crippen MR) is 123 cm³/mol. The van der Waals surface area contributed by atoms with Crippen molar-refractivity contribution in [2.75, 3.05) is 11.9 Å². The van der Waals surface area contributed by atoms with Gasteiger partial charge in [0.05, 0.1) is 12.2 Å². The van der Waals surface area contributed by atoms with E-state index >= 15 is 0 Å². The summed E-state index contributed by atoms with van der Waals surface area (Å²) in [6.07, 6.45) is 0.870. The molecule has 0 spiro atoms. The minimum absolute atomic E-state index is 0.00575. The van der Waals surface area contributed by atoms with Gasteiger partial charge in [0, 0.05) is 22.3 Å². The Hall–Kier alpha value is -3.30. The summed E-state index contributed by atoms with van der Waals surface area (Å²) in [5.74, 6) is 1.14. The van der Waals surface area contributed by atoms with Gasteiger partial charge in [0.25, 0.3) is 0 Å². The van der Waals surface area contributed by atoms with E-state index in [0.29, 0.717) is 39.7 Å². The van der Waals surface area contributed by atoms with Gasteiger partial charge in [-0.2, -0.15) is 0 Å². The molecule has 3 heterocycles. The molecule has 1 aliphatic rings. The van der Waals surface area contributed by atoms with Gasteiger partial charge in [-0.15, -0.1) is 21.5 Å². The molecule has 9 heteroatoms. The summed E-state index contributed by atoms with van der Waals surface area (Å²) in [5.41, 5.74) is 1.32. The quantitative estimate of drug-likeness (QED) is 0.365. The summed E-state index contributed by atoms with van der Waals surface area (Å²) in [6.45, 7) is 2.11. The normalized spacial score (nSPS) is 17.2. The number of hydrogen-bond acceptors (Lipinski definition) is 8. The third-order valence-corrected chi connectivity index (χ3v) is 7.05. The Bertz CT molecular complexity index is 1240. The topological polar surface area (TPSA) is 94.3 Å². The number of furan rings is 1. The van der Waals surface area contributed by atoms with E-state index in [2.05, 4.69) is 21.6 Å². The standard InChI is InChI=1S/C23H19N3O4S2/c1-2-29-22(28)14-7-5-13(6-8-14)17-9-10-18(30-17)21-25-26-23(32-21)24-20(27)16-12-15(16)19-4-3-11-31-19/h3-11,15-16H,2,12H2,1H3,(H,24,26,27). The highest BCUT2D eigenvalue weighted by molar-refractivity contribution is 7.18. The molecule has 0 bridgehead atoms. The predicted octanol–water partition coefficient (Wildman–Crippen LogP) is 5.45. The van der Waals surface area contributed by atoms with Gasteiger partial charge in [0.2, 0.25) is 11.0 Å². The van der Waals surface area contributed by atoms with Crippen molar-refractivity contribution in [2.45, 2.75) is 19.3 Å². The molecule has 1 N–H and O–H groups in total. The van der Waals surface area contributed by atoms with E-state index in [4.69, 9.17) is 9.15 Å². The number of aromatic nitrogens is 2. The fourth-order valence-corrected chi connectivity index (χ4v) is 5.08. The average molecular weight is 466 g/mol. The van der Waals surface area contributed by atoms with Crippen molar-refractivity contribution in [1.82, 2.24) is 10.2 Å². The maximum atomic E-state index is 12.5. The van der Waals surface area contributed by atoms with Crippen LogP contribution in [0.15, 0.2) is 58.3 Å². The number of esters is 1. The lowest BCUT2D eigenvalue weighted by Gasteiger charge is -2.02. The first-order valence-electron chi connectivity index (χ1n) is 10.2. The first kappa shape index (κ1) is 20.6. The minimum Gasteiger partial charge on any atom is -0.462 e. The van der Waals surface area contributed by atoms with Gasteiger partial charge in [-0.25, -0.2) is 4.79 Å². The molecule has 5 rings (SSSR count). The summed E-state index contributed by atoms with van der Waals surface area (Å²) in [7, 11) is 0. The fraction of sp³-hybridized carbons (Fsp3) is 0.217. The molecular weight excluding hydrogens is 446 g/mol. The molecule has 32 heavy (non-hydrogen) atoms. The number of nitrogens with one attached hydrogen (secondary N) is 1. The van der Waals surface area contributed by atoms with Crippen LogP contribution in [0.2, 0.25) is 0 Å². The number of hydrogen-bond donors (Lipinski definition) is 1. The second-order valence-electron chi connectivity index (χ2n) is 7.33. The van der Waals surface area contributed by atoms with Crippen LogP contribution in [-0.4, -0.2) is 28.7 Å². The molecule has 2 unspecified atom stereocenters. The first-order chi connectivity index (χ1) is 15.6. The second kappa shape index (κ2) is 8.68. The molecule has 3 aromatic heterocycles. The molecule has 0 aliphatic heterocycles. The SMILES string of the molecule is CCOC(=O)c1ccc(-c2ccc(-c3nnc(NC(=O)C4CC4c4cccs4)s3)o2)cc1. The number of ether oxygens (including phenoxy) is 1. The lowest BCUT2D eigenvalue weighted by atomic mass is 10.1. The smallest absolute Gasteiger partial charge is 0.338 e. The van der Waals surface area contributed by atoms with Crippen LogP contribution in [0.1, 0.15) is 34.5 Å². The zero-order chi connectivity index (χ0) is 22.1. The Balaban J connectivity index is 1.23. The number of amides is 1. The average Bonchev–Trinajstić information content (AvgIpc) is 3.22. The molecule has 1 fully saturated rings. The van der Waals surface area contributed by atoms with Crippen LogP contribution in [-0.2, 0) is 9.53 Å². The van der Waals surface area contributed by atoms with Crippen LogP contribution in [0.4, 0.5) is 5.13 Å². The maximum Gasteiger partial charge on any atom is 0.338 e. The Labute approximate surface area is 192 Å². The minimum atomic E-state index is -0.351. The van der Waals surface area contributed by atoms with Crippen molar-refractivity contribution in [1.29, 1.82) is 0 Å². The Morgan fingerprint density at radius 1 is 1.12 bits per heavy atom. The largest absolute Gasteiger partial charge is 0.462 e. The van der Waals surface area contributed by atoms with Crippen molar-refractivity contribution in [2.24, 2.45) is 5.92 Å². The van der Waals surface area contributed by atoms with Crippen LogP contribution in [0.25, 0.3) is 22.1 Å². The van der Waals surface area contributed by atoms with Gasteiger partial charge in [-0.1, -0.05) is 29.5 Å². The third kappa shape index (κ3) is 4.21. The number of benzene rings is 1. The van der Waals surface area contributed by atoms with Crippen LogP contribution in [0.3, 0.4) is 0 Å². The van der Waals surface area contributed by atoms with Gasteiger partial charge in [-0.05, 0) is 49.1 Å². The highest BCUT2D eigenvalue weighted by Gasteiger charge is 2.44. The van der Waals surface area contributed by atoms with Crippen molar-refractivity contribution >= 4 is 39.7 Å². The first-order valence-corrected chi connectivity index (χ1v) is 11.9. The lowest BCUT2D eigenvalue weighted by molar-refractivity contribution is -0.117. The molecule has 4 aromatic rings. The van der Waals surface area contributed by atoms with Crippen molar-refractivity contribution in [3.8, 4) is 22.1 Å². The highest BCUT2D eigenvalue weighted by Crippen LogP contribution is 2.49. The summed E-state index contributed by atoms with van der Waals surface area (Å²) in [4.78, 5) is 25.6. The number of carbonyl (C=O) groups excluding carboxylic acids is 2. The number of nitrogens with zero attached hydrogens (tertiary/aromatic N) is 2. The Kier molecular flexibility index (Phi) is 5.59. The maximum absolute atomic E-state index is 12.5. The van der Waals surface area contributed by atoms with E-state index in [1.807, 2.05) is 23.6 Å². The Morgan fingerprint density at radius 2 is 1.94 bits per heavy atom. The molecule has 162 valence electrons. The van der Waals surface area contributed by atoms with Gasteiger partial charge in [0.1, 0.15) is 5.76 Å². The fourth-order valence-electron chi connectivity index (χ4n) is 3.47. The number of rotatable bonds is 7. The van der Waals surface area contributed by atoms with E-state index in [1.54, 1.807) is 42.5 Å². The van der Waals surface area contributed by atoms with E-state index in [9.17, 15) is 9.59 Å².